The molecule has 0 N–H and O–H groups in total. The summed E-state index contributed by atoms with van der Waals surface area (Å²) in [5.74, 6) is -1.28. The number of nitro groups is 2. The summed E-state index contributed by atoms with van der Waals surface area (Å²) in [6.07, 6.45) is 0. The maximum atomic E-state index is 12.0. The Bertz CT molecular complexity index is 620. The lowest BCUT2D eigenvalue weighted by Crippen LogP contribution is -2.24. The van der Waals surface area contributed by atoms with Gasteiger partial charge in [-0.05, 0) is 27.7 Å². The Morgan fingerprint density at radius 1 is 1.14 bits per heavy atom. The van der Waals surface area contributed by atoms with Gasteiger partial charge in [0.2, 0.25) is 5.75 Å². The van der Waals surface area contributed by atoms with Gasteiger partial charge in [0, 0.05) is 6.07 Å². The van der Waals surface area contributed by atoms with Crippen LogP contribution in [-0.4, -0.2) is 28.0 Å². The van der Waals surface area contributed by atoms with Gasteiger partial charge in [-0.15, -0.1) is 0 Å². The lowest BCUT2D eigenvalue weighted by atomic mass is 10.1. The number of ether oxygens (including phenoxy) is 2. The quantitative estimate of drug-likeness (QED) is 0.465. The Morgan fingerprint density at radius 3 is 2.09 bits per heavy atom. The Morgan fingerprint density at radius 2 is 1.68 bits per heavy atom. The van der Waals surface area contributed by atoms with Gasteiger partial charge in [-0.2, -0.15) is 0 Å². The third kappa shape index (κ3) is 4.14. The van der Waals surface area contributed by atoms with E-state index < -0.39 is 38.4 Å². The van der Waals surface area contributed by atoms with E-state index in [0.29, 0.717) is 0 Å². The zero-order chi connectivity index (χ0) is 17.1. The van der Waals surface area contributed by atoms with E-state index in [-0.39, 0.29) is 12.4 Å². The van der Waals surface area contributed by atoms with Gasteiger partial charge in [0.05, 0.1) is 22.5 Å². The largest absolute Gasteiger partial charge is 0.487 e. The lowest BCUT2D eigenvalue weighted by molar-refractivity contribution is -0.390. The van der Waals surface area contributed by atoms with Crippen LogP contribution < -0.4 is 4.74 Å². The SMILES string of the molecule is CCOc1cc([N+](=O)[O-])c(C(=O)OC(C)(C)C)cc1[N+](=O)[O-]. The molecule has 0 aliphatic carbocycles. The first-order valence-electron chi connectivity index (χ1n) is 6.39. The van der Waals surface area contributed by atoms with Gasteiger partial charge >= 0.3 is 11.7 Å². The minimum atomic E-state index is -1.01. The van der Waals surface area contributed by atoms with Crippen molar-refractivity contribution >= 4 is 17.3 Å². The number of nitro benzene ring substituents is 2. The summed E-state index contributed by atoms with van der Waals surface area (Å²) in [5.41, 5.74) is -2.52. The second kappa shape index (κ2) is 6.37. The maximum Gasteiger partial charge on any atom is 0.345 e. The van der Waals surface area contributed by atoms with Crippen LogP contribution >= 0.6 is 0 Å². The molecule has 0 saturated heterocycles. The highest BCUT2D eigenvalue weighted by molar-refractivity contribution is 5.95. The van der Waals surface area contributed by atoms with E-state index >= 15 is 0 Å². The average molecular weight is 312 g/mol. The molecule has 1 aromatic rings. The Hall–Kier alpha value is -2.71. The Kier molecular flexibility index (Phi) is 5.02. The molecule has 22 heavy (non-hydrogen) atoms. The van der Waals surface area contributed by atoms with Crippen molar-refractivity contribution in [3.63, 3.8) is 0 Å². The number of rotatable bonds is 5. The molecular weight excluding hydrogens is 296 g/mol. The van der Waals surface area contributed by atoms with Gasteiger partial charge in [-0.1, -0.05) is 0 Å². The van der Waals surface area contributed by atoms with Crippen LogP contribution in [0.3, 0.4) is 0 Å². The van der Waals surface area contributed by atoms with Gasteiger partial charge in [0.1, 0.15) is 11.2 Å². The number of hydrogen-bond acceptors (Lipinski definition) is 7. The predicted molar refractivity (Wildman–Crippen MR) is 76.1 cm³/mol. The average Bonchev–Trinajstić information content (AvgIpc) is 2.35. The summed E-state index contributed by atoms with van der Waals surface area (Å²) in [6, 6.07) is 1.66. The fourth-order valence-corrected chi connectivity index (χ4v) is 1.62. The standard InChI is InChI=1S/C13H16N2O7/c1-5-21-11-7-9(14(17)18)8(6-10(11)15(19)20)12(16)22-13(2,3)4/h6-7H,5H2,1-4H3. The molecule has 9 heteroatoms. The highest BCUT2D eigenvalue weighted by atomic mass is 16.6. The van der Waals surface area contributed by atoms with Gasteiger partial charge < -0.3 is 9.47 Å². The molecule has 120 valence electrons. The van der Waals surface area contributed by atoms with E-state index in [1.54, 1.807) is 27.7 Å². The fourth-order valence-electron chi connectivity index (χ4n) is 1.62. The molecule has 0 bridgehead atoms. The summed E-state index contributed by atoms with van der Waals surface area (Å²) in [4.78, 5) is 32.6. The minimum absolute atomic E-state index is 0.0871. The van der Waals surface area contributed by atoms with E-state index in [1.807, 2.05) is 0 Å². The van der Waals surface area contributed by atoms with E-state index in [9.17, 15) is 25.0 Å². The topological polar surface area (TPSA) is 122 Å². The molecule has 0 aliphatic rings. The summed E-state index contributed by atoms with van der Waals surface area (Å²) < 4.78 is 10.1. The molecule has 9 nitrogen and oxygen atoms in total. The summed E-state index contributed by atoms with van der Waals surface area (Å²) in [7, 11) is 0. The lowest BCUT2D eigenvalue weighted by Gasteiger charge is -2.19. The highest BCUT2D eigenvalue weighted by Crippen LogP contribution is 2.35. The number of carbonyl (C=O) groups excluding carboxylic acids is 1. The smallest absolute Gasteiger partial charge is 0.345 e. The van der Waals surface area contributed by atoms with Crippen LogP contribution in [0.4, 0.5) is 11.4 Å². The fraction of sp³-hybridized carbons (Fsp3) is 0.462. The van der Waals surface area contributed by atoms with Gasteiger partial charge in [-0.25, -0.2) is 4.79 Å². The van der Waals surface area contributed by atoms with Crippen molar-refractivity contribution < 1.29 is 24.1 Å². The number of nitrogens with zero attached hydrogens (tertiary/aromatic N) is 2. The van der Waals surface area contributed by atoms with Crippen molar-refractivity contribution in [1.29, 1.82) is 0 Å². The third-order valence-corrected chi connectivity index (χ3v) is 2.39. The van der Waals surface area contributed by atoms with E-state index in [4.69, 9.17) is 9.47 Å². The van der Waals surface area contributed by atoms with Crippen molar-refractivity contribution in [2.45, 2.75) is 33.3 Å². The molecule has 0 unspecified atom stereocenters. The van der Waals surface area contributed by atoms with Crippen LogP contribution in [0.5, 0.6) is 5.75 Å². The maximum absolute atomic E-state index is 12.0. The highest BCUT2D eigenvalue weighted by Gasteiger charge is 2.31. The first-order valence-corrected chi connectivity index (χ1v) is 6.39. The Labute approximate surface area is 126 Å². The van der Waals surface area contributed by atoms with Crippen molar-refractivity contribution in [3.05, 3.63) is 37.9 Å². The number of esters is 1. The van der Waals surface area contributed by atoms with Gasteiger partial charge in [0.25, 0.3) is 5.69 Å². The normalized spacial score (nSPS) is 10.9. The summed E-state index contributed by atoms with van der Waals surface area (Å²) >= 11 is 0. The number of benzene rings is 1. The molecule has 0 heterocycles. The molecule has 0 aliphatic heterocycles. The van der Waals surface area contributed by atoms with Crippen molar-refractivity contribution in [3.8, 4) is 5.75 Å². The van der Waals surface area contributed by atoms with Crippen LogP contribution in [0.1, 0.15) is 38.1 Å². The van der Waals surface area contributed by atoms with Crippen molar-refractivity contribution in [1.82, 2.24) is 0 Å². The van der Waals surface area contributed by atoms with E-state index in [2.05, 4.69) is 0 Å². The second-order valence-corrected chi connectivity index (χ2v) is 5.29. The molecule has 0 fully saturated rings. The molecule has 0 radical (unpaired) electrons. The molecular formula is C13H16N2O7. The summed E-state index contributed by atoms with van der Waals surface area (Å²) in [6.45, 7) is 6.42. The number of carbonyl (C=O) groups is 1. The molecule has 0 atom stereocenters. The van der Waals surface area contributed by atoms with E-state index in [0.717, 1.165) is 12.1 Å². The van der Waals surface area contributed by atoms with Crippen LogP contribution in [-0.2, 0) is 4.74 Å². The number of hydrogen-bond donors (Lipinski definition) is 0. The third-order valence-electron chi connectivity index (χ3n) is 2.39. The first kappa shape index (κ1) is 17.3. The van der Waals surface area contributed by atoms with Gasteiger partial charge in [-0.3, -0.25) is 20.2 Å². The van der Waals surface area contributed by atoms with Crippen molar-refractivity contribution in [2.24, 2.45) is 0 Å². The molecule has 0 aromatic heterocycles. The first-order chi connectivity index (χ1) is 10.1. The van der Waals surface area contributed by atoms with Crippen LogP contribution in [0.15, 0.2) is 12.1 Å². The zero-order valence-electron chi connectivity index (χ0n) is 12.6. The zero-order valence-corrected chi connectivity index (χ0v) is 12.6. The van der Waals surface area contributed by atoms with Gasteiger partial charge in [0.15, 0.2) is 0 Å². The van der Waals surface area contributed by atoms with Crippen LogP contribution in [0, 0.1) is 20.2 Å². The molecule has 1 rings (SSSR count). The van der Waals surface area contributed by atoms with Crippen LogP contribution in [0.25, 0.3) is 0 Å². The Balaban J connectivity index is 3.48. The molecule has 0 amide bonds. The van der Waals surface area contributed by atoms with E-state index in [1.165, 1.54) is 0 Å². The minimum Gasteiger partial charge on any atom is -0.487 e. The molecule has 1 aromatic carbocycles. The van der Waals surface area contributed by atoms with Crippen LogP contribution in [0.2, 0.25) is 0 Å². The monoisotopic (exact) mass is 312 g/mol. The van der Waals surface area contributed by atoms with Crippen molar-refractivity contribution in [2.75, 3.05) is 6.61 Å². The predicted octanol–water partition coefficient (Wildman–Crippen LogP) is 2.86. The second-order valence-electron chi connectivity index (χ2n) is 5.29. The summed E-state index contributed by atoms with van der Waals surface area (Å²) in [5, 5.41) is 22.1. The molecule has 0 saturated carbocycles. The molecule has 0 spiro atoms.